The van der Waals surface area contributed by atoms with Gasteiger partial charge in [0.1, 0.15) is 0 Å². The van der Waals surface area contributed by atoms with Gasteiger partial charge >= 0.3 is 59.1 Å². The average molecular weight is 156 g/mol. The molecule has 0 atom stereocenters. The van der Waals surface area contributed by atoms with Gasteiger partial charge < -0.3 is 20.5 Å². The van der Waals surface area contributed by atoms with Gasteiger partial charge in [-0.05, 0) is 6.16 Å². The number of hydrazine groups is 1. The Balaban J connectivity index is -0.00000000990. The minimum absolute atomic E-state index is 0. The number of carbonyl (C=O) groups excluding carboxylic acids is 1. The second-order valence-corrected chi connectivity index (χ2v) is 0.250. The van der Waals surface area contributed by atoms with Gasteiger partial charge in [0.05, 0.1) is 0 Å². The predicted octanol–water partition coefficient (Wildman–Crippen LogP) is -10.4. The fraction of sp³-hybridized carbons (Fsp3) is 0. The zero-order valence-electron chi connectivity index (χ0n) is 5.38. The Morgan fingerprint density at radius 1 is 1.11 bits per heavy atom. The molecule has 0 aromatic heterocycles. The van der Waals surface area contributed by atoms with Crippen molar-refractivity contribution in [3.05, 3.63) is 0 Å². The minimum Gasteiger partial charge on any atom is -0.652 e. The van der Waals surface area contributed by atoms with Crippen LogP contribution in [-0.2, 0) is 0 Å². The normalized spacial score (nSPS) is 3.33. The van der Waals surface area contributed by atoms with E-state index in [4.69, 9.17) is 15.0 Å². The van der Waals surface area contributed by atoms with Gasteiger partial charge in [-0.15, -0.1) is 0 Å². The maximum atomic E-state index is 8.33. The molecule has 0 bridgehead atoms. The molecule has 0 unspecified atom stereocenters. The number of hydrogen-bond donors (Lipinski definition) is 2. The Morgan fingerprint density at radius 2 is 1.11 bits per heavy atom. The van der Waals surface area contributed by atoms with Crippen molar-refractivity contribution in [1.29, 1.82) is 0 Å². The van der Waals surface area contributed by atoms with Gasteiger partial charge in [0.25, 0.3) is 0 Å². The quantitative estimate of drug-likeness (QED) is 0.203. The molecule has 8 heteroatoms. The molecule has 0 aliphatic heterocycles. The first-order chi connectivity index (χ1) is 2.73. The molecule has 0 heterocycles. The molecular weight excluding hydrogens is 150 g/mol. The maximum Gasteiger partial charge on any atom is 1.00 e. The second kappa shape index (κ2) is 35.3. The molecule has 0 saturated heterocycles. The Morgan fingerprint density at radius 3 is 1.11 bits per heavy atom. The van der Waals surface area contributed by atoms with Crippen molar-refractivity contribution in [2.75, 3.05) is 0 Å². The van der Waals surface area contributed by atoms with E-state index in [2.05, 4.69) is 11.7 Å². The molecule has 0 rings (SSSR count). The van der Waals surface area contributed by atoms with E-state index >= 15 is 0 Å². The smallest absolute Gasteiger partial charge is 0.652 e. The molecule has 0 aromatic rings. The fourth-order valence-electron chi connectivity index (χ4n) is 0. The molecule has 0 fully saturated rings. The molecule has 6 nitrogen and oxygen atoms in total. The third kappa shape index (κ3) is 354. The third-order valence-corrected chi connectivity index (χ3v) is 0. The van der Waals surface area contributed by atoms with Gasteiger partial charge in [-0.1, -0.05) is 0 Å². The maximum absolute atomic E-state index is 8.33. The molecule has 0 saturated carbocycles. The third-order valence-electron chi connectivity index (χ3n) is 0. The van der Waals surface area contributed by atoms with E-state index in [0.717, 1.165) is 0 Å². The SMILES string of the molecule is NN.O.O=C([O-])[O-].[Na+].[Na+]. The summed E-state index contributed by atoms with van der Waals surface area (Å²) in [7, 11) is 0. The van der Waals surface area contributed by atoms with Gasteiger partial charge in [0, 0.05) is 0 Å². The van der Waals surface area contributed by atoms with Crippen LogP contribution >= 0.6 is 0 Å². The van der Waals surface area contributed by atoms with E-state index < -0.39 is 6.16 Å². The first-order valence-corrected chi connectivity index (χ1v) is 0.946. The first kappa shape index (κ1) is 32.0. The Labute approximate surface area is 96.5 Å². The number of carboxylic acid groups (broad SMARTS) is 2. The summed E-state index contributed by atoms with van der Waals surface area (Å²) in [5.74, 6) is 8.00. The van der Waals surface area contributed by atoms with Crippen LogP contribution in [-0.4, -0.2) is 11.6 Å². The van der Waals surface area contributed by atoms with Crippen LogP contribution in [0.15, 0.2) is 0 Å². The molecule has 6 N–H and O–H groups in total. The molecule has 0 aliphatic carbocycles. The van der Waals surface area contributed by atoms with Crippen molar-refractivity contribution in [3.63, 3.8) is 0 Å². The fourth-order valence-corrected chi connectivity index (χ4v) is 0. The van der Waals surface area contributed by atoms with Crippen LogP contribution < -0.4 is 81.0 Å². The number of nitrogens with two attached hydrogens (primary N) is 2. The van der Waals surface area contributed by atoms with Gasteiger partial charge in [-0.2, -0.15) is 0 Å². The summed E-state index contributed by atoms with van der Waals surface area (Å²) in [5, 5.41) is 16.7. The van der Waals surface area contributed by atoms with Gasteiger partial charge in [-0.3, -0.25) is 11.7 Å². The van der Waals surface area contributed by atoms with Crippen LogP contribution in [0.4, 0.5) is 4.79 Å². The van der Waals surface area contributed by atoms with Crippen molar-refractivity contribution in [3.8, 4) is 0 Å². The summed E-state index contributed by atoms with van der Waals surface area (Å²) < 4.78 is 0. The van der Waals surface area contributed by atoms with E-state index in [9.17, 15) is 0 Å². The summed E-state index contributed by atoms with van der Waals surface area (Å²) in [6.45, 7) is 0. The average Bonchev–Trinajstić information content (AvgIpc) is 1.41. The van der Waals surface area contributed by atoms with E-state index in [-0.39, 0.29) is 64.6 Å². The molecule has 0 spiro atoms. The number of rotatable bonds is 0. The molecule has 0 amide bonds. The summed E-state index contributed by atoms with van der Waals surface area (Å²) in [4.78, 5) is 8.33. The van der Waals surface area contributed by atoms with Gasteiger partial charge in [0.15, 0.2) is 0 Å². The van der Waals surface area contributed by atoms with Crippen LogP contribution in [0.3, 0.4) is 0 Å². The van der Waals surface area contributed by atoms with E-state index in [1.807, 2.05) is 0 Å². The van der Waals surface area contributed by atoms with Crippen molar-refractivity contribution in [2.24, 2.45) is 11.7 Å². The molecule has 0 radical (unpaired) electrons. The molecule has 46 valence electrons. The van der Waals surface area contributed by atoms with E-state index in [1.54, 1.807) is 0 Å². The molecule has 9 heavy (non-hydrogen) atoms. The number of carbonyl (C=O) groups is 1. The summed E-state index contributed by atoms with van der Waals surface area (Å²) in [6.07, 6.45) is -2.33. The predicted molar refractivity (Wildman–Crippen MR) is 17.4 cm³/mol. The molecule has 0 aromatic carbocycles. The minimum atomic E-state index is -2.33. The Bertz CT molecular complexity index is 39.5. The summed E-state index contributed by atoms with van der Waals surface area (Å²) in [6, 6.07) is 0. The second-order valence-electron chi connectivity index (χ2n) is 0.250. The van der Waals surface area contributed by atoms with Crippen LogP contribution in [0.25, 0.3) is 0 Å². The molecular formula is CH6N2Na2O4. The molecule has 0 aliphatic rings. The van der Waals surface area contributed by atoms with Crippen molar-refractivity contribution < 1.29 is 79.6 Å². The van der Waals surface area contributed by atoms with Crippen LogP contribution in [0.1, 0.15) is 0 Å². The topological polar surface area (TPSA) is 147 Å². The summed E-state index contributed by atoms with van der Waals surface area (Å²) >= 11 is 0. The largest absolute Gasteiger partial charge is 1.00 e. The standard InChI is InChI=1S/CH2O3.H4N2.2Na.H2O/c2-1(3)4;1-2;;;/h(H2,2,3,4);1-2H2;;;1H2/q;;2*+1;/p-2. The van der Waals surface area contributed by atoms with E-state index in [0.29, 0.717) is 0 Å². The summed E-state index contributed by atoms with van der Waals surface area (Å²) in [5.41, 5.74) is 0. The van der Waals surface area contributed by atoms with Gasteiger partial charge in [0.2, 0.25) is 0 Å². The van der Waals surface area contributed by atoms with Crippen LogP contribution in [0.5, 0.6) is 0 Å². The van der Waals surface area contributed by atoms with Crippen LogP contribution in [0, 0.1) is 0 Å². The van der Waals surface area contributed by atoms with Crippen molar-refractivity contribution >= 4 is 6.16 Å². The Kier molecular flexibility index (Phi) is 126. The Hall–Kier alpha value is 1.15. The number of hydrogen-bond acceptors (Lipinski definition) is 5. The van der Waals surface area contributed by atoms with Crippen LogP contribution in [0.2, 0.25) is 0 Å². The van der Waals surface area contributed by atoms with Crippen molar-refractivity contribution in [2.45, 2.75) is 0 Å². The monoisotopic (exact) mass is 156 g/mol. The zero-order valence-corrected chi connectivity index (χ0v) is 9.38. The zero-order chi connectivity index (χ0) is 5.58. The van der Waals surface area contributed by atoms with Crippen molar-refractivity contribution in [1.82, 2.24) is 0 Å². The van der Waals surface area contributed by atoms with E-state index in [1.165, 1.54) is 0 Å². The first-order valence-electron chi connectivity index (χ1n) is 0.946. The van der Waals surface area contributed by atoms with Gasteiger partial charge in [-0.25, -0.2) is 0 Å².